The number of anilines is 2. The number of nitrogens with zero attached hydrogens (tertiary/aromatic N) is 1. The Hall–Kier alpha value is -2.24. The fourth-order valence-electron chi connectivity index (χ4n) is 4.03. The van der Waals surface area contributed by atoms with Crippen molar-refractivity contribution in [2.24, 2.45) is 0 Å². The molecule has 1 aromatic carbocycles. The largest absolute Gasteiger partial charge is 0.371 e. The van der Waals surface area contributed by atoms with Crippen molar-refractivity contribution in [2.45, 2.75) is 77.3 Å². The molecule has 0 aromatic heterocycles. The van der Waals surface area contributed by atoms with Gasteiger partial charge in [-0.05, 0) is 57.2 Å². The second kappa shape index (κ2) is 9.80. The number of carbonyl (C=O) groups is 2. The highest BCUT2D eigenvalue weighted by atomic mass is 16.2. The van der Waals surface area contributed by atoms with E-state index >= 15 is 0 Å². The maximum absolute atomic E-state index is 12.9. The molecule has 28 heavy (non-hydrogen) atoms. The van der Waals surface area contributed by atoms with Gasteiger partial charge in [-0.1, -0.05) is 26.2 Å². The van der Waals surface area contributed by atoms with E-state index in [2.05, 4.69) is 27.8 Å². The normalized spacial score (nSPS) is 18.6. The molecule has 6 nitrogen and oxygen atoms in total. The summed E-state index contributed by atoms with van der Waals surface area (Å²) in [7, 11) is 0. The monoisotopic (exact) mass is 386 g/mol. The van der Waals surface area contributed by atoms with Gasteiger partial charge in [-0.2, -0.15) is 0 Å². The molecule has 1 heterocycles. The van der Waals surface area contributed by atoms with Crippen molar-refractivity contribution in [2.75, 3.05) is 23.3 Å². The second-order valence-electron chi connectivity index (χ2n) is 8.14. The van der Waals surface area contributed by atoms with Gasteiger partial charge in [0.15, 0.2) is 0 Å². The van der Waals surface area contributed by atoms with E-state index in [1.54, 1.807) is 0 Å². The summed E-state index contributed by atoms with van der Waals surface area (Å²) in [5.41, 5.74) is 2.25. The maximum atomic E-state index is 12.9. The first-order valence-electron chi connectivity index (χ1n) is 10.8. The quantitative estimate of drug-likeness (QED) is 0.683. The first-order valence-corrected chi connectivity index (χ1v) is 10.8. The van der Waals surface area contributed by atoms with Crippen LogP contribution in [0, 0.1) is 0 Å². The maximum Gasteiger partial charge on any atom is 0.319 e. The van der Waals surface area contributed by atoms with E-state index in [0.29, 0.717) is 11.3 Å². The summed E-state index contributed by atoms with van der Waals surface area (Å²) in [5, 5.41) is 9.05. The van der Waals surface area contributed by atoms with Gasteiger partial charge in [-0.3, -0.25) is 4.79 Å². The van der Waals surface area contributed by atoms with Crippen molar-refractivity contribution in [3.8, 4) is 0 Å². The van der Waals surface area contributed by atoms with Gasteiger partial charge in [0, 0.05) is 36.5 Å². The van der Waals surface area contributed by atoms with Crippen LogP contribution in [-0.4, -0.2) is 37.1 Å². The van der Waals surface area contributed by atoms with Crippen molar-refractivity contribution in [1.29, 1.82) is 0 Å². The van der Waals surface area contributed by atoms with Crippen LogP contribution in [0.5, 0.6) is 0 Å². The highest BCUT2D eigenvalue weighted by Gasteiger charge is 2.22. The molecule has 1 aliphatic carbocycles. The summed E-state index contributed by atoms with van der Waals surface area (Å²) in [6.45, 7) is 6.00. The Morgan fingerprint density at radius 3 is 2.50 bits per heavy atom. The summed E-state index contributed by atoms with van der Waals surface area (Å²) in [6, 6.07) is 5.86. The van der Waals surface area contributed by atoms with Gasteiger partial charge < -0.3 is 20.9 Å². The van der Waals surface area contributed by atoms with Gasteiger partial charge >= 0.3 is 6.03 Å². The van der Waals surface area contributed by atoms with E-state index in [0.717, 1.165) is 50.9 Å². The SMILES string of the molecule is CC[C@H](C)NC(=O)c1cc(NC(=O)NC2CCCCC2)ccc1N1CCCC1. The van der Waals surface area contributed by atoms with Crippen molar-refractivity contribution >= 4 is 23.3 Å². The summed E-state index contributed by atoms with van der Waals surface area (Å²) >= 11 is 0. The van der Waals surface area contributed by atoms with Gasteiger partial charge in [0.05, 0.1) is 5.56 Å². The molecule has 1 aromatic rings. The molecule has 3 amide bonds. The Balaban J connectivity index is 1.73. The lowest BCUT2D eigenvalue weighted by atomic mass is 9.96. The Kier molecular flexibility index (Phi) is 7.18. The van der Waals surface area contributed by atoms with Gasteiger partial charge in [0.25, 0.3) is 5.91 Å². The molecular formula is C22H34N4O2. The van der Waals surface area contributed by atoms with Crippen LogP contribution in [-0.2, 0) is 0 Å². The van der Waals surface area contributed by atoms with Crippen molar-refractivity contribution in [3.05, 3.63) is 23.8 Å². The van der Waals surface area contributed by atoms with Crippen LogP contribution in [0.4, 0.5) is 16.2 Å². The van der Waals surface area contributed by atoms with E-state index in [1.165, 1.54) is 19.3 Å². The third-order valence-corrected chi connectivity index (χ3v) is 5.88. The number of carbonyl (C=O) groups excluding carboxylic acids is 2. The van der Waals surface area contributed by atoms with Crippen LogP contribution in [0.1, 0.15) is 75.6 Å². The Morgan fingerprint density at radius 2 is 1.82 bits per heavy atom. The number of benzene rings is 1. The molecule has 6 heteroatoms. The minimum absolute atomic E-state index is 0.0763. The van der Waals surface area contributed by atoms with Crippen LogP contribution in [0.2, 0.25) is 0 Å². The van der Waals surface area contributed by atoms with Gasteiger partial charge in [0.1, 0.15) is 0 Å². The molecule has 1 saturated heterocycles. The molecule has 0 unspecified atom stereocenters. The van der Waals surface area contributed by atoms with Gasteiger partial charge in [-0.15, -0.1) is 0 Å². The van der Waals surface area contributed by atoms with Crippen molar-refractivity contribution in [3.63, 3.8) is 0 Å². The average Bonchev–Trinajstić information content (AvgIpc) is 3.23. The summed E-state index contributed by atoms with van der Waals surface area (Å²) < 4.78 is 0. The molecule has 3 N–H and O–H groups in total. The van der Waals surface area contributed by atoms with E-state index in [9.17, 15) is 9.59 Å². The fourth-order valence-corrected chi connectivity index (χ4v) is 4.03. The van der Waals surface area contributed by atoms with Crippen molar-refractivity contribution < 1.29 is 9.59 Å². The average molecular weight is 387 g/mol. The van der Waals surface area contributed by atoms with Crippen LogP contribution in [0.15, 0.2) is 18.2 Å². The molecule has 1 saturated carbocycles. The summed E-state index contributed by atoms with van der Waals surface area (Å²) in [4.78, 5) is 27.5. The fraction of sp³-hybridized carbons (Fsp3) is 0.636. The van der Waals surface area contributed by atoms with Crippen molar-refractivity contribution in [1.82, 2.24) is 10.6 Å². The standard InChI is InChI=1S/C22H34N4O2/c1-3-16(2)23-21(27)19-15-18(11-12-20(19)26-13-7-8-14-26)25-22(28)24-17-9-5-4-6-10-17/h11-12,15-17H,3-10,13-14H2,1-2H3,(H,23,27)(H2,24,25,28)/t16-/m0/s1. The first-order chi connectivity index (χ1) is 13.6. The summed E-state index contributed by atoms with van der Waals surface area (Å²) in [6.07, 6.45) is 8.88. The molecule has 1 aliphatic heterocycles. The van der Waals surface area contributed by atoms with Gasteiger partial charge in [-0.25, -0.2) is 4.79 Å². The summed E-state index contributed by atoms with van der Waals surface area (Å²) in [5.74, 6) is -0.0763. The van der Waals surface area contributed by atoms with Gasteiger partial charge in [0.2, 0.25) is 0 Å². The van der Waals surface area contributed by atoms with Crippen LogP contribution < -0.4 is 20.9 Å². The lowest BCUT2D eigenvalue weighted by Crippen LogP contribution is -2.39. The smallest absolute Gasteiger partial charge is 0.319 e. The Labute approximate surface area is 168 Å². The Bertz CT molecular complexity index is 679. The molecule has 0 spiro atoms. The molecular weight excluding hydrogens is 352 g/mol. The van der Waals surface area contributed by atoms with Crippen LogP contribution in [0.25, 0.3) is 0 Å². The lowest BCUT2D eigenvalue weighted by Gasteiger charge is -2.24. The lowest BCUT2D eigenvalue weighted by molar-refractivity contribution is 0.0939. The Morgan fingerprint density at radius 1 is 1.11 bits per heavy atom. The number of urea groups is 1. The highest BCUT2D eigenvalue weighted by Crippen LogP contribution is 2.28. The number of rotatable bonds is 6. The zero-order valence-corrected chi connectivity index (χ0v) is 17.2. The topological polar surface area (TPSA) is 73.5 Å². The molecule has 154 valence electrons. The number of amides is 3. The third kappa shape index (κ3) is 5.40. The highest BCUT2D eigenvalue weighted by molar-refractivity contribution is 6.02. The van der Waals surface area contributed by atoms with Crippen LogP contribution in [0.3, 0.4) is 0 Å². The number of nitrogens with one attached hydrogen (secondary N) is 3. The minimum atomic E-state index is -0.186. The zero-order chi connectivity index (χ0) is 19.9. The number of hydrogen-bond acceptors (Lipinski definition) is 3. The van der Waals surface area contributed by atoms with E-state index < -0.39 is 0 Å². The second-order valence-corrected chi connectivity index (χ2v) is 8.14. The molecule has 1 atom stereocenters. The molecule has 2 aliphatic rings. The molecule has 0 radical (unpaired) electrons. The first kappa shape index (κ1) is 20.5. The van der Waals surface area contributed by atoms with E-state index in [1.807, 2.05) is 25.1 Å². The van der Waals surface area contributed by atoms with Crippen LogP contribution >= 0.6 is 0 Å². The third-order valence-electron chi connectivity index (χ3n) is 5.88. The number of hydrogen-bond donors (Lipinski definition) is 3. The zero-order valence-electron chi connectivity index (χ0n) is 17.2. The minimum Gasteiger partial charge on any atom is -0.371 e. The van der Waals surface area contributed by atoms with E-state index in [-0.39, 0.29) is 24.0 Å². The molecule has 2 fully saturated rings. The predicted octanol–water partition coefficient (Wildman–Crippen LogP) is 4.27. The molecule has 0 bridgehead atoms. The predicted molar refractivity (Wildman–Crippen MR) is 114 cm³/mol. The van der Waals surface area contributed by atoms with E-state index in [4.69, 9.17) is 0 Å². The molecule has 3 rings (SSSR count).